The molecule has 0 unspecified atom stereocenters. The Kier molecular flexibility index (Phi) is 4.38. The molecule has 1 amide bonds. The fourth-order valence-corrected chi connectivity index (χ4v) is 1.75. The van der Waals surface area contributed by atoms with Gasteiger partial charge in [-0.1, -0.05) is 6.07 Å². The number of carbonyl (C=O) groups excluding carboxylic acids is 1. The summed E-state index contributed by atoms with van der Waals surface area (Å²) in [7, 11) is -3.20. The van der Waals surface area contributed by atoms with Crippen LogP contribution in [0.3, 0.4) is 0 Å². The number of anilines is 1. The summed E-state index contributed by atoms with van der Waals surface area (Å²) < 4.78 is 21.7. The molecule has 0 saturated carbocycles. The van der Waals surface area contributed by atoms with Crippen LogP contribution in [-0.2, 0) is 14.6 Å². The van der Waals surface area contributed by atoms with Crippen LogP contribution in [0.2, 0.25) is 0 Å². The number of carbonyl (C=O) groups is 1. The summed E-state index contributed by atoms with van der Waals surface area (Å²) in [6.45, 7) is 0. The van der Waals surface area contributed by atoms with E-state index in [1.54, 1.807) is 0 Å². The number of nitro benzene ring substituents is 1. The average Bonchev–Trinajstić information content (AvgIpc) is 2.26. The van der Waals surface area contributed by atoms with Crippen molar-refractivity contribution in [2.45, 2.75) is 6.42 Å². The van der Waals surface area contributed by atoms with Crippen LogP contribution in [0.5, 0.6) is 0 Å². The Hall–Kier alpha value is -1.96. The molecule has 0 aliphatic rings. The maximum absolute atomic E-state index is 11.4. The molecule has 98 valence electrons. The second-order valence-electron chi connectivity index (χ2n) is 3.74. The van der Waals surface area contributed by atoms with Gasteiger partial charge >= 0.3 is 0 Å². The van der Waals surface area contributed by atoms with E-state index in [4.69, 9.17) is 0 Å². The predicted octanol–water partition coefficient (Wildman–Crippen LogP) is 0.968. The minimum Gasteiger partial charge on any atom is -0.326 e. The third-order valence-electron chi connectivity index (χ3n) is 2.04. The number of amides is 1. The van der Waals surface area contributed by atoms with Crippen LogP contribution in [0.25, 0.3) is 0 Å². The lowest BCUT2D eigenvalue weighted by Crippen LogP contribution is -2.16. The van der Waals surface area contributed by atoms with Crippen molar-refractivity contribution in [3.05, 3.63) is 34.4 Å². The number of hydrogen-bond donors (Lipinski definition) is 1. The van der Waals surface area contributed by atoms with Gasteiger partial charge in [0, 0.05) is 30.5 Å². The van der Waals surface area contributed by atoms with Crippen LogP contribution in [0.15, 0.2) is 24.3 Å². The minimum absolute atomic E-state index is 0.143. The topological polar surface area (TPSA) is 106 Å². The second-order valence-corrected chi connectivity index (χ2v) is 6.00. The molecule has 0 bridgehead atoms. The molecule has 18 heavy (non-hydrogen) atoms. The molecule has 7 nitrogen and oxygen atoms in total. The van der Waals surface area contributed by atoms with Crippen molar-refractivity contribution in [2.24, 2.45) is 0 Å². The van der Waals surface area contributed by atoms with Crippen LogP contribution >= 0.6 is 0 Å². The van der Waals surface area contributed by atoms with Crippen molar-refractivity contribution in [2.75, 3.05) is 17.3 Å². The number of sulfone groups is 1. The van der Waals surface area contributed by atoms with Gasteiger partial charge in [-0.2, -0.15) is 0 Å². The maximum atomic E-state index is 11.4. The highest BCUT2D eigenvalue weighted by Crippen LogP contribution is 2.17. The van der Waals surface area contributed by atoms with E-state index in [-0.39, 0.29) is 23.5 Å². The molecule has 0 saturated heterocycles. The van der Waals surface area contributed by atoms with Gasteiger partial charge in [-0.05, 0) is 6.07 Å². The van der Waals surface area contributed by atoms with Crippen LogP contribution < -0.4 is 5.32 Å². The van der Waals surface area contributed by atoms with Gasteiger partial charge in [-0.25, -0.2) is 8.42 Å². The molecule has 1 aromatic rings. The van der Waals surface area contributed by atoms with Gasteiger partial charge in [0.25, 0.3) is 5.69 Å². The van der Waals surface area contributed by atoms with Gasteiger partial charge in [0.2, 0.25) is 5.91 Å². The van der Waals surface area contributed by atoms with E-state index in [0.717, 1.165) is 6.26 Å². The van der Waals surface area contributed by atoms with Gasteiger partial charge < -0.3 is 5.32 Å². The largest absolute Gasteiger partial charge is 0.326 e. The Morgan fingerprint density at radius 2 is 2.11 bits per heavy atom. The molecule has 0 heterocycles. The number of nitrogens with one attached hydrogen (secondary N) is 1. The van der Waals surface area contributed by atoms with Gasteiger partial charge in [-0.15, -0.1) is 0 Å². The molecule has 0 aromatic heterocycles. The van der Waals surface area contributed by atoms with Crippen molar-refractivity contribution in [1.29, 1.82) is 0 Å². The Morgan fingerprint density at radius 1 is 1.44 bits per heavy atom. The summed E-state index contributed by atoms with van der Waals surface area (Å²) >= 11 is 0. The zero-order chi connectivity index (χ0) is 13.8. The van der Waals surface area contributed by atoms with E-state index in [1.807, 2.05) is 0 Å². The zero-order valence-corrected chi connectivity index (χ0v) is 10.4. The van der Waals surface area contributed by atoms with Crippen molar-refractivity contribution in [3.63, 3.8) is 0 Å². The molecule has 0 radical (unpaired) electrons. The van der Waals surface area contributed by atoms with Crippen LogP contribution in [0.1, 0.15) is 6.42 Å². The fraction of sp³-hybridized carbons (Fsp3) is 0.300. The number of hydrogen-bond acceptors (Lipinski definition) is 5. The number of benzene rings is 1. The molecule has 0 atom stereocenters. The lowest BCUT2D eigenvalue weighted by Gasteiger charge is -2.04. The number of nitro groups is 1. The first-order valence-corrected chi connectivity index (χ1v) is 7.06. The summed E-state index contributed by atoms with van der Waals surface area (Å²) in [5.74, 6) is -0.755. The quantitative estimate of drug-likeness (QED) is 0.634. The molecule has 0 aliphatic carbocycles. The summed E-state index contributed by atoms with van der Waals surface area (Å²) in [6, 6.07) is 5.43. The van der Waals surface area contributed by atoms with Gasteiger partial charge in [0.1, 0.15) is 9.84 Å². The first kappa shape index (κ1) is 14.1. The summed E-state index contributed by atoms with van der Waals surface area (Å²) in [4.78, 5) is 21.3. The molecule has 1 N–H and O–H groups in total. The van der Waals surface area contributed by atoms with E-state index in [2.05, 4.69) is 5.32 Å². The van der Waals surface area contributed by atoms with Crippen molar-refractivity contribution in [1.82, 2.24) is 0 Å². The molecule has 1 rings (SSSR count). The Bertz CT molecular complexity index is 567. The summed E-state index contributed by atoms with van der Waals surface area (Å²) in [5.41, 5.74) is 0.124. The lowest BCUT2D eigenvalue weighted by molar-refractivity contribution is -0.384. The van der Waals surface area contributed by atoms with Crippen molar-refractivity contribution >= 4 is 27.1 Å². The molecule has 0 fully saturated rings. The maximum Gasteiger partial charge on any atom is 0.271 e. The van der Waals surface area contributed by atoms with Crippen LogP contribution in [-0.4, -0.2) is 31.3 Å². The first-order chi connectivity index (χ1) is 8.28. The highest BCUT2D eigenvalue weighted by Gasteiger charge is 2.10. The smallest absolute Gasteiger partial charge is 0.271 e. The molecule has 1 aromatic carbocycles. The molecular formula is C10H12N2O5S. The van der Waals surface area contributed by atoms with Crippen LogP contribution in [0, 0.1) is 10.1 Å². The third kappa shape index (κ3) is 4.91. The highest BCUT2D eigenvalue weighted by atomic mass is 32.2. The van der Waals surface area contributed by atoms with Crippen molar-refractivity contribution in [3.8, 4) is 0 Å². The summed E-state index contributed by atoms with van der Waals surface area (Å²) in [5, 5.41) is 12.9. The Morgan fingerprint density at radius 3 is 2.67 bits per heavy atom. The van der Waals surface area contributed by atoms with E-state index < -0.39 is 20.7 Å². The number of rotatable bonds is 5. The summed E-state index contributed by atoms with van der Waals surface area (Å²) in [6.07, 6.45) is 0.856. The van der Waals surface area contributed by atoms with Crippen molar-refractivity contribution < 1.29 is 18.1 Å². The van der Waals surface area contributed by atoms with Gasteiger partial charge in [0.15, 0.2) is 0 Å². The molecule has 0 aliphatic heterocycles. The lowest BCUT2D eigenvalue weighted by atomic mass is 10.3. The minimum atomic E-state index is -3.20. The van der Waals surface area contributed by atoms with Gasteiger partial charge in [-0.3, -0.25) is 14.9 Å². The van der Waals surface area contributed by atoms with Crippen LogP contribution in [0.4, 0.5) is 11.4 Å². The van der Waals surface area contributed by atoms with E-state index in [1.165, 1.54) is 24.3 Å². The van der Waals surface area contributed by atoms with E-state index in [9.17, 15) is 23.3 Å². The SMILES string of the molecule is CS(=O)(=O)CCC(=O)Nc1cccc([N+](=O)[O-])c1. The highest BCUT2D eigenvalue weighted by molar-refractivity contribution is 7.90. The zero-order valence-electron chi connectivity index (χ0n) is 9.62. The Labute approximate surface area is 104 Å². The van der Waals surface area contributed by atoms with E-state index >= 15 is 0 Å². The standard InChI is InChI=1S/C10H12N2O5S/c1-18(16,17)6-5-10(13)11-8-3-2-4-9(7-8)12(14)15/h2-4,7H,5-6H2,1H3,(H,11,13). The Balaban J connectivity index is 2.65. The predicted molar refractivity (Wildman–Crippen MR) is 66.1 cm³/mol. The number of non-ortho nitro benzene ring substituents is 1. The third-order valence-corrected chi connectivity index (χ3v) is 2.99. The first-order valence-electron chi connectivity index (χ1n) is 5.00. The molecular weight excluding hydrogens is 260 g/mol. The molecule has 0 spiro atoms. The average molecular weight is 272 g/mol. The van der Waals surface area contributed by atoms with E-state index in [0.29, 0.717) is 0 Å². The second kappa shape index (κ2) is 5.58. The number of nitrogens with zero attached hydrogens (tertiary/aromatic N) is 1. The molecule has 8 heteroatoms. The normalized spacial score (nSPS) is 10.9. The monoisotopic (exact) mass is 272 g/mol. The van der Waals surface area contributed by atoms with Gasteiger partial charge in [0.05, 0.1) is 10.7 Å². The fourth-order valence-electron chi connectivity index (χ4n) is 1.20.